The Morgan fingerprint density at radius 3 is 1.31 bits per heavy atom. The second-order valence-corrected chi connectivity index (χ2v) is 17.5. The number of methoxy groups -OCH3 is 2. The predicted molar refractivity (Wildman–Crippen MR) is 321 cm³/mol. The molecule has 0 saturated heterocycles. The Morgan fingerprint density at radius 2 is 0.852 bits per heavy atom. The minimum Gasteiger partial charge on any atom is -0.507 e. The fraction of sp³-hybridized carbons (Fsp3) is 0.0448. The second kappa shape index (κ2) is 39.2. The zero-order valence-electron chi connectivity index (χ0n) is 44.4. The molecule has 0 aliphatic rings. The molecule has 1 N–H and O–H groups in total. The highest BCUT2D eigenvalue weighted by Crippen LogP contribution is 2.21. The molecule has 10 aromatic rings. The standard InChI is InChI=1S/C13H10O2.C11H8O.2C8H8O2.C8H8O.C7H5ClO.C7H6O2.C5H4OS/c14-10-11-5-4-8-13(9-11)15-12-6-2-1-3-7-12;12-8-10-6-3-5-9-4-1-2-7-11(9)10;2*1-10-8-4-2-7(6-9)3-5-8;1-7-3-2-4-8(5-7)6-9;8-7-3-1-2-6(4-7)5-9;8-5-6-3-1-2-4-7(6)9;6-4-5-2-1-3-7-5/h1-10H;1-8H;2*2-6H,1H3;2-6H,1H3;1-5H;1-5,9H;1-4H. The number of benzene rings is 9. The maximum absolute atomic E-state index is 10.6. The summed E-state index contributed by atoms with van der Waals surface area (Å²) in [7, 11) is 3.19. The van der Waals surface area contributed by atoms with Crippen molar-refractivity contribution < 1.29 is 57.7 Å². The van der Waals surface area contributed by atoms with Gasteiger partial charge >= 0.3 is 0 Å². The molecular formula is C67H57ClO12S. The van der Waals surface area contributed by atoms with E-state index in [-0.39, 0.29) is 5.75 Å². The third-order valence-corrected chi connectivity index (χ3v) is 11.3. The van der Waals surface area contributed by atoms with Crippen molar-refractivity contribution in [1.29, 1.82) is 0 Å². The van der Waals surface area contributed by atoms with Crippen LogP contribution in [-0.2, 0) is 0 Å². The van der Waals surface area contributed by atoms with Gasteiger partial charge in [0.2, 0.25) is 0 Å². The molecule has 1 aromatic heterocycles. The number of phenolic OH excluding ortho intramolecular Hbond substituents is 1. The fourth-order valence-electron chi connectivity index (χ4n) is 6.26. The Kier molecular flexibility index (Phi) is 31.5. The van der Waals surface area contributed by atoms with Gasteiger partial charge in [0.15, 0.2) is 18.9 Å². The number of thiophene rings is 1. The summed E-state index contributed by atoms with van der Waals surface area (Å²) in [6.07, 6.45) is 6.40. The number of hydrogen-bond donors (Lipinski definition) is 1. The Bertz CT molecular complexity index is 3350. The number of aldehydes is 8. The minimum absolute atomic E-state index is 0.0347. The molecule has 0 saturated carbocycles. The van der Waals surface area contributed by atoms with E-state index >= 15 is 0 Å². The van der Waals surface area contributed by atoms with Crippen LogP contribution in [0.1, 0.15) is 87.7 Å². The molecule has 0 bridgehead atoms. The zero-order valence-corrected chi connectivity index (χ0v) is 45.9. The number of halogens is 1. The first-order valence-electron chi connectivity index (χ1n) is 24.3. The molecule has 0 amide bonds. The molecule has 0 radical (unpaired) electrons. The summed E-state index contributed by atoms with van der Waals surface area (Å²) in [5, 5.41) is 13.5. The smallest absolute Gasteiger partial charge is 0.159 e. The van der Waals surface area contributed by atoms with Crippen LogP contribution in [0.2, 0.25) is 5.02 Å². The van der Waals surface area contributed by atoms with Crippen LogP contribution in [0.25, 0.3) is 10.8 Å². The fourth-order valence-corrected chi connectivity index (χ4v) is 6.99. The molecule has 10 rings (SSSR count). The van der Waals surface area contributed by atoms with Crippen molar-refractivity contribution in [3.63, 3.8) is 0 Å². The SMILES string of the molecule is COc1ccc(C=O)cc1.COc1ccc(C=O)cc1.Cc1cccc(C=O)c1.O=Cc1cccc(Cl)c1.O=Cc1cccc(Oc2ccccc2)c1.O=Cc1cccc2ccccc12.O=Cc1ccccc1O.O=Cc1cccs1. The van der Waals surface area contributed by atoms with Gasteiger partial charge in [-0.3, -0.25) is 38.4 Å². The van der Waals surface area contributed by atoms with Crippen LogP contribution in [0.4, 0.5) is 0 Å². The molecule has 0 aliphatic carbocycles. The monoisotopic (exact) mass is 1120 g/mol. The van der Waals surface area contributed by atoms with Gasteiger partial charge in [-0.05, 0) is 132 Å². The Hall–Kier alpha value is -10.2. The number of fused-ring (bicyclic) bond motifs is 1. The van der Waals surface area contributed by atoms with Gasteiger partial charge in [0.25, 0.3) is 0 Å². The van der Waals surface area contributed by atoms with Gasteiger partial charge in [0.1, 0.15) is 60.2 Å². The number of ether oxygens (including phenoxy) is 3. The molecule has 410 valence electrons. The van der Waals surface area contributed by atoms with Gasteiger partial charge in [0, 0.05) is 38.4 Å². The van der Waals surface area contributed by atoms with Crippen molar-refractivity contribution in [2.24, 2.45) is 0 Å². The van der Waals surface area contributed by atoms with Crippen LogP contribution >= 0.6 is 22.9 Å². The molecule has 1 heterocycles. The maximum Gasteiger partial charge on any atom is 0.159 e. The van der Waals surface area contributed by atoms with Crippen LogP contribution in [0, 0.1) is 6.92 Å². The number of para-hydroxylation sites is 2. The Balaban J connectivity index is 0.000000245. The highest BCUT2D eigenvalue weighted by Gasteiger charge is 1.99. The number of phenols is 1. The Morgan fingerprint density at radius 1 is 0.383 bits per heavy atom. The van der Waals surface area contributed by atoms with Gasteiger partial charge < -0.3 is 19.3 Å². The van der Waals surface area contributed by atoms with Crippen LogP contribution in [0.3, 0.4) is 0 Å². The third-order valence-electron chi connectivity index (χ3n) is 10.3. The first-order chi connectivity index (χ1) is 39.4. The lowest BCUT2D eigenvalue weighted by molar-refractivity contribution is 0.111. The lowest BCUT2D eigenvalue weighted by atomic mass is 10.1. The summed E-state index contributed by atoms with van der Waals surface area (Å²) < 4.78 is 15.4. The number of aryl methyl sites for hydroxylation is 1. The normalized spacial score (nSPS) is 9.19. The van der Waals surface area contributed by atoms with Gasteiger partial charge in [-0.15, -0.1) is 11.3 Å². The molecule has 14 heteroatoms. The first kappa shape index (κ1) is 65.1. The highest BCUT2D eigenvalue weighted by atomic mass is 35.5. The average Bonchev–Trinajstić information content (AvgIpc) is 4.11. The molecule has 9 aromatic carbocycles. The summed E-state index contributed by atoms with van der Waals surface area (Å²) in [5.74, 6) is 3.01. The molecule has 81 heavy (non-hydrogen) atoms. The van der Waals surface area contributed by atoms with Gasteiger partial charge in [-0.25, -0.2) is 0 Å². The van der Waals surface area contributed by atoms with Crippen molar-refractivity contribution in [1.82, 2.24) is 0 Å². The van der Waals surface area contributed by atoms with E-state index in [4.69, 9.17) is 30.9 Å². The van der Waals surface area contributed by atoms with Crippen molar-refractivity contribution in [3.05, 3.63) is 290 Å². The number of carbonyl (C=O) groups is 8. The summed E-state index contributed by atoms with van der Waals surface area (Å²) in [4.78, 5) is 82.5. The zero-order chi connectivity index (χ0) is 58.9. The second-order valence-electron chi connectivity index (χ2n) is 16.1. The summed E-state index contributed by atoms with van der Waals surface area (Å²) >= 11 is 7.02. The van der Waals surface area contributed by atoms with E-state index in [2.05, 4.69) is 0 Å². The van der Waals surface area contributed by atoms with Gasteiger partial charge in [0.05, 0.1) is 24.7 Å². The van der Waals surface area contributed by atoms with Crippen molar-refractivity contribution >= 4 is 84.0 Å². The van der Waals surface area contributed by atoms with Crippen LogP contribution < -0.4 is 14.2 Å². The maximum atomic E-state index is 10.6. The first-order valence-corrected chi connectivity index (χ1v) is 25.6. The van der Waals surface area contributed by atoms with E-state index in [0.29, 0.717) is 44.9 Å². The molecule has 12 nitrogen and oxygen atoms in total. The van der Waals surface area contributed by atoms with Crippen LogP contribution in [0.15, 0.2) is 236 Å². The molecule has 0 fully saturated rings. The van der Waals surface area contributed by atoms with Crippen LogP contribution in [0.5, 0.6) is 28.7 Å². The summed E-state index contributed by atoms with van der Waals surface area (Å²) in [6, 6.07) is 68.3. The van der Waals surface area contributed by atoms with Crippen molar-refractivity contribution in [2.75, 3.05) is 14.2 Å². The lowest BCUT2D eigenvalue weighted by Gasteiger charge is -2.04. The van der Waals surface area contributed by atoms with E-state index in [0.717, 1.165) is 93.6 Å². The summed E-state index contributed by atoms with van der Waals surface area (Å²) in [6.45, 7) is 1.97. The van der Waals surface area contributed by atoms with E-state index in [9.17, 15) is 38.4 Å². The number of hydrogen-bond acceptors (Lipinski definition) is 13. The minimum atomic E-state index is 0.0347. The predicted octanol–water partition coefficient (Wildman–Crippen LogP) is 15.7. The molecule has 0 atom stereocenters. The van der Waals surface area contributed by atoms with Gasteiger partial charge in [-0.1, -0.05) is 138 Å². The topological polar surface area (TPSA) is 184 Å². The van der Waals surface area contributed by atoms with Gasteiger partial charge in [-0.2, -0.15) is 0 Å². The average molecular weight is 1120 g/mol. The van der Waals surface area contributed by atoms with E-state index in [1.165, 1.54) is 17.4 Å². The Labute approximate surface area is 479 Å². The van der Waals surface area contributed by atoms with E-state index in [1.54, 1.807) is 136 Å². The quantitative estimate of drug-likeness (QED) is 0.114. The third kappa shape index (κ3) is 26.1. The molecular weight excluding hydrogens is 1060 g/mol. The number of aromatic hydroxyl groups is 1. The van der Waals surface area contributed by atoms with Crippen molar-refractivity contribution in [3.8, 4) is 28.7 Å². The molecule has 0 unspecified atom stereocenters. The number of carbonyl (C=O) groups excluding carboxylic acids is 8. The molecule has 0 spiro atoms. The van der Waals surface area contributed by atoms with E-state index < -0.39 is 0 Å². The van der Waals surface area contributed by atoms with Crippen molar-refractivity contribution in [2.45, 2.75) is 6.92 Å². The highest BCUT2D eigenvalue weighted by molar-refractivity contribution is 7.11. The van der Waals surface area contributed by atoms with Crippen LogP contribution in [-0.4, -0.2) is 69.6 Å². The summed E-state index contributed by atoms with van der Waals surface area (Å²) in [5.41, 5.74) is 5.52. The van der Waals surface area contributed by atoms with E-state index in [1.807, 2.05) is 115 Å². The number of rotatable bonds is 12. The molecule has 0 aliphatic heterocycles. The lowest BCUT2D eigenvalue weighted by Crippen LogP contribution is -1.85. The largest absolute Gasteiger partial charge is 0.507 e.